The van der Waals surface area contributed by atoms with Crippen molar-refractivity contribution in [3.05, 3.63) is 84.2 Å². The van der Waals surface area contributed by atoms with E-state index in [0.29, 0.717) is 12.1 Å². The zero-order valence-corrected chi connectivity index (χ0v) is 15.7. The summed E-state index contributed by atoms with van der Waals surface area (Å²) in [5, 5.41) is 0. The number of para-hydroxylation sites is 1. The lowest BCUT2D eigenvalue weighted by molar-refractivity contribution is 0.0785. The molecule has 0 atom stereocenters. The van der Waals surface area contributed by atoms with Crippen LogP contribution >= 0.6 is 0 Å². The molecule has 0 saturated carbocycles. The molecule has 1 aliphatic rings. The van der Waals surface area contributed by atoms with E-state index in [0.717, 1.165) is 18.8 Å². The fourth-order valence-corrected chi connectivity index (χ4v) is 3.74. The molecule has 0 N–H and O–H groups in total. The zero-order chi connectivity index (χ0) is 18.6. The minimum Gasteiger partial charge on any atom is -0.371 e. The first kappa shape index (κ1) is 17.4. The van der Waals surface area contributed by atoms with E-state index in [4.69, 9.17) is 0 Å². The average molecular weight is 359 g/mol. The lowest BCUT2D eigenvalue weighted by Crippen LogP contribution is -2.28. The van der Waals surface area contributed by atoms with Crippen LogP contribution < -0.4 is 4.90 Å². The second kappa shape index (κ2) is 7.70. The molecule has 3 aromatic rings. The average Bonchev–Trinajstić information content (AvgIpc) is 3.42. The summed E-state index contributed by atoms with van der Waals surface area (Å²) in [6.07, 6.45) is 6.49. The molecular formula is C23H25N3O. The van der Waals surface area contributed by atoms with Gasteiger partial charge >= 0.3 is 0 Å². The molecule has 138 valence electrons. The highest BCUT2D eigenvalue weighted by atomic mass is 16.2. The highest BCUT2D eigenvalue weighted by Gasteiger charge is 2.18. The zero-order valence-electron chi connectivity index (χ0n) is 15.7. The maximum Gasteiger partial charge on any atom is 0.253 e. The van der Waals surface area contributed by atoms with Gasteiger partial charge in [0.15, 0.2) is 0 Å². The molecule has 4 nitrogen and oxygen atoms in total. The number of hydrogen-bond donors (Lipinski definition) is 0. The number of carbonyl (C=O) groups excluding carboxylic acids is 1. The molecule has 1 aromatic heterocycles. The molecule has 1 saturated heterocycles. The summed E-state index contributed by atoms with van der Waals surface area (Å²) in [6, 6.07) is 20.2. The van der Waals surface area contributed by atoms with E-state index >= 15 is 0 Å². The number of nitrogens with zero attached hydrogens (tertiary/aromatic N) is 3. The molecule has 27 heavy (non-hydrogen) atoms. The fourth-order valence-electron chi connectivity index (χ4n) is 3.74. The van der Waals surface area contributed by atoms with Gasteiger partial charge in [0.2, 0.25) is 0 Å². The van der Waals surface area contributed by atoms with Crippen LogP contribution in [0.2, 0.25) is 0 Å². The van der Waals surface area contributed by atoms with Crippen molar-refractivity contribution in [1.82, 2.24) is 9.47 Å². The van der Waals surface area contributed by atoms with Crippen molar-refractivity contribution in [2.75, 3.05) is 25.0 Å². The van der Waals surface area contributed by atoms with Crippen molar-refractivity contribution in [1.29, 1.82) is 0 Å². The summed E-state index contributed by atoms with van der Waals surface area (Å²) in [5.74, 6) is 0.0466. The van der Waals surface area contributed by atoms with Crippen LogP contribution in [0, 0.1) is 0 Å². The molecular weight excluding hydrogens is 334 g/mol. The predicted molar refractivity (Wildman–Crippen MR) is 109 cm³/mol. The summed E-state index contributed by atoms with van der Waals surface area (Å²) in [5.41, 5.74) is 4.24. The van der Waals surface area contributed by atoms with Crippen molar-refractivity contribution in [2.24, 2.45) is 0 Å². The van der Waals surface area contributed by atoms with Gasteiger partial charge in [-0.25, -0.2) is 0 Å². The van der Waals surface area contributed by atoms with E-state index in [1.807, 2.05) is 60.4 Å². The number of amides is 1. The first-order valence-electron chi connectivity index (χ1n) is 9.54. The normalized spacial score (nSPS) is 13.7. The molecule has 0 bridgehead atoms. The summed E-state index contributed by atoms with van der Waals surface area (Å²) in [7, 11) is 1.88. The van der Waals surface area contributed by atoms with Gasteiger partial charge in [0.1, 0.15) is 0 Å². The van der Waals surface area contributed by atoms with E-state index in [9.17, 15) is 4.79 Å². The third kappa shape index (κ3) is 3.75. The Kier molecular flexibility index (Phi) is 4.97. The molecule has 2 aromatic carbocycles. The Labute approximate surface area is 160 Å². The number of anilines is 1. The van der Waals surface area contributed by atoms with E-state index in [1.54, 1.807) is 4.90 Å². The lowest BCUT2D eigenvalue weighted by atomic mass is 10.1. The molecule has 4 rings (SSSR count). The molecule has 1 fully saturated rings. The van der Waals surface area contributed by atoms with Gasteiger partial charge in [-0.15, -0.1) is 0 Å². The van der Waals surface area contributed by atoms with Crippen LogP contribution in [0.25, 0.3) is 5.69 Å². The minimum absolute atomic E-state index is 0.0466. The van der Waals surface area contributed by atoms with Crippen molar-refractivity contribution < 1.29 is 4.79 Å². The van der Waals surface area contributed by atoms with E-state index in [1.165, 1.54) is 24.1 Å². The number of rotatable bonds is 5. The first-order chi connectivity index (χ1) is 13.2. The summed E-state index contributed by atoms with van der Waals surface area (Å²) >= 11 is 0. The lowest BCUT2D eigenvalue weighted by Gasteiger charge is -2.24. The standard InChI is InChI=1S/C23H25N3O/c1-24(18-20-8-2-3-9-22(20)26-16-6-7-17-26)23(27)19-10-12-21(13-11-19)25-14-4-5-15-25/h2-5,8-15H,6-7,16-18H2,1H3. The Morgan fingerprint density at radius 2 is 1.59 bits per heavy atom. The topological polar surface area (TPSA) is 28.5 Å². The Balaban J connectivity index is 1.48. The maximum absolute atomic E-state index is 12.9. The van der Waals surface area contributed by atoms with Gasteiger partial charge in [-0.1, -0.05) is 18.2 Å². The molecule has 1 aliphatic heterocycles. The molecule has 1 amide bonds. The number of aromatic nitrogens is 1. The van der Waals surface area contributed by atoms with Crippen molar-refractivity contribution >= 4 is 11.6 Å². The maximum atomic E-state index is 12.9. The van der Waals surface area contributed by atoms with Crippen LogP contribution in [0.1, 0.15) is 28.8 Å². The summed E-state index contributed by atoms with van der Waals surface area (Å²) < 4.78 is 2.03. The van der Waals surface area contributed by atoms with Crippen LogP contribution in [0.5, 0.6) is 0 Å². The Bertz CT molecular complexity index is 894. The molecule has 0 radical (unpaired) electrons. The van der Waals surface area contributed by atoms with Gasteiger partial charge < -0.3 is 14.4 Å². The van der Waals surface area contributed by atoms with Gasteiger partial charge in [-0.2, -0.15) is 0 Å². The molecule has 0 unspecified atom stereocenters. The molecule has 0 aliphatic carbocycles. The van der Waals surface area contributed by atoms with Gasteiger partial charge in [0, 0.05) is 56.0 Å². The van der Waals surface area contributed by atoms with Gasteiger partial charge in [0.05, 0.1) is 0 Å². The summed E-state index contributed by atoms with van der Waals surface area (Å²) in [4.78, 5) is 17.1. The smallest absolute Gasteiger partial charge is 0.253 e. The van der Waals surface area contributed by atoms with Gasteiger partial charge in [-0.05, 0) is 60.9 Å². The Morgan fingerprint density at radius 1 is 0.926 bits per heavy atom. The van der Waals surface area contributed by atoms with Crippen molar-refractivity contribution in [2.45, 2.75) is 19.4 Å². The third-order valence-electron chi connectivity index (χ3n) is 5.21. The minimum atomic E-state index is 0.0466. The van der Waals surface area contributed by atoms with E-state index in [2.05, 4.69) is 29.2 Å². The van der Waals surface area contributed by atoms with Crippen molar-refractivity contribution in [3.8, 4) is 5.69 Å². The number of hydrogen-bond acceptors (Lipinski definition) is 2. The molecule has 2 heterocycles. The Hall–Kier alpha value is -3.01. The van der Waals surface area contributed by atoms with Crippen LogP contribution in [0.3, 0.4) is 0 Å². The number of carbonyl (C=O) groups is 1. The predicted octanol–water partition coefficient (Wildman–Crippen LogP) is 4.35. The largest absolute Gasteiger partial charge is 0.371 e. The monoisotopic (exact) mass is 359 g/mol. The third-order valence-corrected chi connectivity index (χ3v) is 5.21. The second-order valence-electron chi connectivity index (χ2n) is 7.12. The van der Waals surface area contributed by atoms with Gasteiger partial charge in [0.25, 0.3) is 5.91 Å². The SMILES string of the molecule is CN(Cc1ccccc1N1CCCC1)C(=O)c1ccc(-n2cccc2)cc1. The molecule has 0 spiro atoms. The highest BCUT2D eigenvalue weighted by molar-refractivity contribution is 5.94. The fraction of sp³-hybridized carbons (Fsp3) is 0.261. The van der Waals surface area contributed by atoms with Crippen LogP contribution in [-0.4, -0.2) is 35.5 Å². The van der Waals surface area contributed by atoms with E-state index < -0.39 is 0 Å². The summed E-state index contributed by atoms with van der Waals surface area (Å²) in [6.45, 7) is 2.83. The van der Waals surface area contributed by atoms with E-state index in [-0.39, 0.29) is 5.91 Å². The van der Waals surface area contributed by atoms with Crippen molar-refractivity contribution in [3.63, 3.8) is 0 Å². The highest BCUT2D eigenvalue weighted by Crippen LogP contribution is 2.25. The van der Waals surface area contributed by atoms with Crippen LogP contribution in [-0.2, 0) is 6.54 Å². The van der Waals surface area contributed by atoms with Gasteiger partial charge in [-0.3, -0.25) is 4.79 Å². The first-order valence-corrected chi connectivity index (χ1v) is 9.54. The second-order valence-corrected chi connectivity index (χ2v) is 7.12. The van der Waals surface area contributed by atoms with Crippen LogP contribution in [0.4, 0.5) is 5.69 Å². The quantitative estimate of drug-likeness (QED) is 0.677. The Morgan fingerprint density at radius 3 is 2.30 bits per heavy atom. The molecule has 4 heteroatoms. The number of benzene rings is 2. The van der Waals surface area contributed by atoms with Crippen LogP contribution in [0.15, 0.2) is 73.1 Å².